The average Bonchev–Trinajstić information content (AvgIpc) is 2.83. The molecule has 3 aliphatic carbocycles. The average molecular weight is 427 g/mol. The highest BCUT2D eigenvalue weighted by molar-refractivity contribution is 5.32. The monoisotopic (exact) mass is 426 g/mol. The van der Waals surface area contributed by atoms with Crippen molar-refractivity contribution in [2.45, 2.75) is 102 Å². The molecule has 0 N–H and O–H groups in total. The van der Waals surface area contributed by atoms with Crippen molar-refractivity contribution in [3.8, 4) is 0 Å². The van der Waals surface area contributed by atoms with Crippen LogP contribution in [0.25, 0.3) is 0 Å². The van der Waals surface area contributed by atoms with E-state index in [0.29, 0.717) is 30.7 Å². The van der Waals surface area contributed by atoms with Crippen molar-refractivity contribution in [1.29, 1.82) is 0 Å². The van der Waals surface area contributed by atoms with Gasteiger partial charge in [0.05, 0.1) is 19.8 Å². The summed E-state index contributed by atoms with van der Waals surface area (Å²) in [5, 5.41) is 0. The summed E-state index contributed by atoms with van der Waals surface area (Å²) in [6.45, 7) is 6.22. The van der Waals surface area contributed by atoms with E-state index in [9.17, 15) is 0 Å². The van der Waals surface area contributed by atoms with Gasteiger partial charge in [-0.2, -0.15) is 0 Å². The number of rotatable bonds is 10. The highest BCUT2D eigenvalue weighted by Crippen LogP contribution is 2.59. The van der Waals surface area contributed by atoms with Gasteiger partial charge in [-0.3, -0.25) is 0 Å². The van der Waals surface area contributed by atoms with E-state index in [1.807, 2.05) is 0 Å². The molecule has 1 heterocycles. The lowest BCUT2D eigenvalue weighted by Crippen LogP contribution is -2.44. The first kappa shape index (κ1) is 23.0. The molecule has 0 aromatic heterocycles. The summed E-state index contributed by atoms with van der Waals surface area (Å²) in [5.41, 5.74) is 3.88. The van der Waals surface area contributed by atoms with Gasteiger partial charge in [-0.15, -0.1) is 0 Å². The zero-order valence-electron chi connectivity index (χ0n) is 19.7. The van der Waals surface area contributed by atoms with Crippen molar-refractivity contribution in [1.82, 2.24) is 0 Å². The standard InChI is InChI=1S/C28H42O3/c1-3-5-6-7-8-20-29-26-22-30-25(21-31-26)23-9-11-24(12-10-23)28-17-14-27(13-4-2,15-18-28)16-19-28/h7-12,25-26H,3-6,13-22H2,1-2H3/t25-,26+,27?,28?/m1/s1. The van der Waals surface area contributed by atoms with Crippen LogP contribution in [0.5, 0.6) is 0 Å². The van der Waals surface area contributed by atoms with E-state index >= 15 is 0 Å². The largest absolute Gasteiger partial charge is 0.366 e. The van der Waals surface area contributed by atoms with Crippen LogP contribution in [0, 0.1) is 5.41 Å². The van der Waals surface area contributed by atoms with Crippen LogP contribution in [0.1, 0.15) is 102 Å². The van der Waals surface area contributed by atoms with E-state index in [1.54, 1.807) is 5.56 Å². The Morgan fingerprint density at radius 2 is 1.65 bits per heavy atom. The molecule has 1 aliphatic heterocycles. The van der Waals surface area contributed by atoms with Gasteiger partial charge in [0.1, 0.15) is 6.10 Å². The molecular formula is C28H42O3. The predicted octanol–water partition coefficient (Wildman–Crippen LogP) is 7.26. The van der Waals surface area contributed by atoms with Crippen molar-refractivity contribution in [2.24, 2.45) is 5.41 Å². The molecule has 4 aliphatic rings. The molecule has 172 valence electrons. The first-order valence-electron chi connectivity index (χ1n) is 12.8. The van der Waals surface area contributed by atoms with Gasteiger partial charge < -0.3 is 14.2 Å². The second-order valence-corrected chi connectivity index (χ2v) is 10.2. The van der Waals surface area contributed by atoms with Crippen molar-refractivity contribution in [3.05, 3.63) is 47.5 Å². The van der Waals surface area contributed by atoms with Gasteiger partial charge in [-0.05, 0) is 73.3 Å². The summed E-state index contributed by atoms with van der Waals surface area (Å²) < 4.78 is 17.8. The summed E-state index contributed by atoms with van der Waals surface area (Å²) >= 11 is 0. The molecule has 3 heteroatoms. The molecule has 2 atom stereocenters. The zero-order chi connectivity index (χ0) is 21.6. The van der Waals surface area contributed by atoms with Gasteiger partial charge in [0, 0.05) is 0 Å². The maximum absolute atomic E-state index is 6.08. The van der Waals surface area contributed by atoms with Gasteiger partial charge >= 0.3 is 0 Å². The fraction of sp³-hybridized carbons (Fsp3) is 0.714. The molecule has 0 unspecified atom stereocenters. The molecule has 5 rings (SSSR count). The van der Waals surface area contributed by atoms with Crippen LogP contribution in [-0.2, 0) is 19.6 Å². The van der Waals surface area contributed by atoms with E-state index in [1.165, 1.54) is 69.8 Å². The number of fused-ring (bicyclic) bond motifs is 3. The van der Waals surface area contributed by atoms with E-state index in [0.717, 1.165) is 6.42 Å². The minimum absolute atomic E-state index is 0.0152. The molecule has 31 heavy (non-hydrogen) atoms. The lowest BCUT2D eigenvalue weighted by atomic mass is 9.51. The molecule has 0 spiro atoms. The van der Waals surface area contributed by atoms with Gasteiger partial charge in [-0.1, -0.05) is 69.5 Å². The normalized spacial score (nSPS) is 33.2. The van der Waals surface area contributed by atoms with Gasteiger partial charge in [0.25, 0.3) is 0 Å². The number of allylic oxidation sites excluding steroid dienone is 1. The van der Waals surface area contributed by atoms with Crippen LogP contribution >= 0.6 is 0 Å². The van der Waals surface area contributed by atoms with Crippen molar-refractivity contribution < 1.29 is 14.2 Å². The van der Waals surface area contributed by atoms with Gasteiger partial charge in [0.2, 0.25) is 0 Å². The van der Waals surface area contributed by atoms with Gasteiger partial charge in [-0.25, -0.2) is 0 Å². The van der Waals surface area contributed by atoms with E-state index in [-0.39, 0.29) is 12.4 Å². The Morgan fingerprint density at radius 3 is 2.26 bits per heavy atom. The molecule has 2 bridgehead atoms. The molecule has 1 saturated heterocycles. The smallest absolute Gasteiger partial charge is 0.181 e. The Hall–Kier alpha value is -1.16. The van der Waals surface area contributed by atoms with E-state index < -0.39 is 0 Å². The third-order valence-corrected chi connectivity index (χ3v) is 8.21. The van der Waals surface area contributed by atoms with Crippen LogP contribution in [0.2, 0.25) is 0 Å². The lowest BCUT2D eigenvalue weighted by molar-refractivity contribution is -0.232. The Kier molecular flexibility index (Phi) is 7.90. The fourth-order valence-corrected chi connectivity index (χ4v) is 6.10. The third kappa shape index (κ3) is 5.43. The fourth-order valence-electron chi connectivity index (χ4n) is 6.10. The molecule has 1 aromatic rings. The molecule has 0 radical (unpaired) electrons. The highest BCUT2D eigenvalue weighted by Gasteiger charge is 2.48. The molecule has 3 nitrogen and oxygen atoms in total. The Morgan fingerprint density at radius 1 is 0.903 bits per heavy atom. The van der Waals surface area contributed by atoms with Crippen molar-refractivity contribution >= 4 is 0 Å². The molecule has 3 saturated carbocycles. The van der Waals surface area contributed by atoms with Crippen LogP contribution in [0.3, 0.4) is 0 Å². The molecule has 4 fully saturated rings. The van der Waals surface area contributed by atoms with E-state index in [4.69, 9.17) is 14.2 Å². The zero-order valence-corrected chi connectivity index (χ0v) is 19.7. The number of benzene rings is 1. The molecule has 1 aromatic carbocycles. The predicted molar refractivity (Wildman–Crippen MR) is 126 cm³/mol. The van der Waals surface area contributed by atoms with Crippen LogP contribution in [0.15, 0.2) is 36.4 Å². The maximum atomic E-state index is 6.08. The SMILES string of the molecule is CCCCC=CCO[C@@H]1CO[C@@H](c2ccc(C34CCC(CCC)(CC3)CC4)cc2)CO1. The topological polar surface area (TPSA) is 27.7 Å². The number of hydrogen-bond donors (Lipinski definition) is 0. The number of unbranched alkanes of at least 4 members (excludes halogenated alkanes) is 2. The minimum atomic E-state index is -0.252. The van der Waals surface area contributed by atoms with Crippen molar-refractivity contribution in [2.75, 3.05) is 19.8 Å². The summed E-state index contributed by atoms with van der Waals surface area (Å²) in [6, 6.07) is 9.30. The molecule has 0 amide bonds. The highest BCUT2D eigenvalue weighted by atomic mass is 16.7. The second kappa shape index (κ2) is 10.6. The summed E-state index contributed by atoms with van der Waals surface area (Å²) in [4.78, 5) is 0. The van der Waals surface area contributed by atoms with Crippen LogP contribution < -0.4 is 0 Å². The minimum Gasteiger partial charge on any atom is -0.366 e. The third-order valence-electron chi connectivity index (χ3n) is 8.21. The first-order valence-corrected chi connectivity index (χ1v) is 12.8. The Labute approximate surface area is 189 Å². The van der Waals surface area contributed by atoms with Crippen molar-refractivity contribution in [3.63, 3.8) is 0 Å². The van der Waals surface area contributed by atoms with Gasteiger partial charge in [0.15, 0.2) is 6.29 Å². The first-order chi connectivity index (χ1) is 15.2. The molecular weight excluding hydrogens is 384 g/mol. The maximum Gasteiger partial charge on any atom is 0.181 e. The Balaban J connectivity index is 1.25. The summed E-state index contributed by atoms with van der Waals surface area (Å²) in [5.74, 6) is 0. The quantitative estimate of drug-likeness (QED) is 0.291. The van der Waals surface area contributed by atoms with Crippen LogP contribution in [0.4, 0.5) is 0 Å². The number of ether oxygens (including phenoxy) is 3. The second-order valence-electron chi connectivity index (χ2n) is 10.2. The van der Waals surface area contributed by atoms with Crippen LogP contribution in [-0.4, -0.2) is 26.1 Å². The van der Waals surface area contributed by atoms with E-state index in [2.05, 4.69) is 50.3 Å². The number of hydrogen-bond acceptors (Lipinski definition) is 3. The summed E-state index contributed by atoms with van der Waals surface area (Å²) in [6.07, 6.45) is 18.8. The summed E-state index contributed by atoms with van der Waals surface area (Å²) in [7, 11) is 0. The lowest BCUT2D eigenvalue weighted by Gasteiger charge is -2.54. The Bertz CT molecular complexity index is 675.